The Hall–Kier alpha value is -2.10. The number of hydrogen-bond acceptors (Lipinski definition) is 2. The summed E-state index contributed by atoms with van der Waals surface area (Å²) >= 11 is 0. The Balaban J connectivity index is 2.55. The molecule has 1 aromatic carbocycles. The number of amides is 1. The first-order valence-electron chi connectivity index (χ1n) is 6.17. The standard InChI is InChI=1S/C15H19NO3/c1-10-6-4-5-7-13(10)8-9-16-14(17)11(2)12(3)15(18)19/h4-7H,8-9H2,1-3H3,(H,16,17)(H,18,19). The van der Waals surface area contributed by atoms with E-state index in [1.54, 1.807) is 0 Å². The minimum absolute atomic E-state index is 0.0772. The molecule has 0 unspecified atom stereocenters. The number of carbonyl (C=O) groups excluding carboxylic acids is 1. The molecule has 0 radical (unpaired) electrons. The molecular formula is C15H19NO3. The monoisotopic (exact) mass is 261 g/mol. The Morgan fingerprint density at radius 2 is 1.79 bits per heavy atom. The van der Waals surface area contributed by atoms with Crippen molar-refractivity contribution in [2.24, 2.45) is 0 Å². The highest BCUT2D eigenvalue weighted by Crippen LogP contribution is 2.07. The predicted molar refractivity (Wildman–Crippen MR) is 73.9 cm³/mol. The molecule has 0 aliphatic rings. The second-order valence-corrected chi connectivity index (χ2v) is 4.49. The van der Waals surface area contributed by atoms with E-state index in [1.807, 2.05) is 31.2 Å². The van der Waals surface area contributed by atoms with Crippen molar-refractivity contribution in [1.29, 1.82) is 0 Å². The molecule has 0 aromatic heterocycles. The van der Waals surface area contributed by atoms with E-state index in [9.17, 15) is 9.59 Å². The third-order valence-electron chi connectivity index (χ3n) is 3.17. The average molecular weight is 261 g/mol. The lowest BCUT2D eigenvalue weighted by Gasteiger charge is -2.08. The Bertz CT molecular complexity index is 518. The van der Waals surface area contributed by atoms with Gasteiger partial charge in [-0.2, -0.15) is 0 Å². The van der Waals surface area contributed by atoms with E-state index in [0.29, 0.717) is 6.54 Å². The molecule has 102 valence electrons. The highest BCUT2D eigenvalue weighted by atomic mass is 16.4. The molecule has 2 N–H and O–H groups in total. The van der Waals surface area contributed by atoms with Gasteiger partial charge in [0.1, 0.15) is 0 Å². The van der Waals surface area contributed by atoms with E-state index < -0.39 is 5.97 Å². The Morgan fingerprint density at radius 1 is 1.16 bits per heavy atom. The van der Waals surface area contributed by atoms with Crippen LogP contribution in [0.4, 0.5) is 0 Å². The second kappa shape index (κ2) is 6.73. The van der Waals surface area contributed by atoms with Gasteiger partial charge in [-0.1, -0.05) is 24.3 Å². The van der Waals surface area contributed by atoms with Crippen LogP contribution in [0.1, 0.15) is 25.0 Å². The number of carbonyl (C=O) groups is 2. The van der Waals surface area contributed by atoms with E-state index >= 15 is 0 Å². The number of aryl methyl sites for hydroxylation is 1. The fraction of sp³-hybridized carbons (Fsp3) is 0.333. The molecule has 0 saturated carbocycles. The normalized spacial score (nSPS) is 11.7. The maximum atomic E-state index is 11.7. The van der Waals surface area contributed by atoms with E-state index in [4.69, 9.17) is 5.11 Å². The molecule has 0 spiro atoms. The van der Waals surface area contributed by atoms with Crippen LogP contribution in [-0.4, -0.2) is 23.5 Å². The molecule has 1 aromatic rings. The highest BCUT2D eigenvalue weighted by Gasteiger charge is 2.11. The van der Waals surface area contributed by atoms with Gasteiger partial charge in [0.25, 0.3) is 0 Å². The van der Waals surface area contributed by atoms with Gasteiger partial charge in [0.05, 0.1) is 0 Å². The number of aliphatic carboxylic acids is 1. The lowest BCUT2D eigenvalue weighted by atomic mass is 10.1. The summed E-state index contributed by atoms with van der Waals surface area (Å²) in [6.07, 6.45) is 0.734. The zero-order valence-corrected chi connectivity index (χ0v) is 11.5. The van der Waals surface area contributed by atoms with Crippen molar-refractivity contribution in [2.45, 2.75) is 27.2 Å². The molecule has 0 aliphatic carbocycles. The van der Waals surface area contributed by atoms with Crippen molar-refractivity contribution >= 4 is 11.9 Å². The summed E-state index contributed by atoms with van der Waals surface area (Å²) in [6, 6.07) is 7.98. The van der Waals surface area contributed by atoms with Crippen molar-refractivity contribution in [1.82, 2.24) is 5.32 Å². The van der Waals surface area contributed by atoms with Gasteiger partial charge in [0.2, 0.25) is 5.91 Å². The van der Waals surface area contributed by atoms with E-state index in [0.717, 1.165) is 6.42 Å². The molecule has 0 saturated heterocycles. The molecule has 0 aliphatic heterocycles. The molecule has 4 heteroatoms. The van der Waals surface area contributed by atoms with Crippen LogP contribution in [-0.2, 0) is 16.0 Å². The van der Waals surface area contributed by atoms with Crippen LogP contribution in [0.25, 0.3) is 0 Å². The minimum Gasteiger partial charge on any atom is -0.478 e. The smallest absolute Gasteiger partial charge is 0.331 e. The maximum absolute atomic E-state index is 11.7. The Kier molecular flexibility index (Phi) is 5.30. The second-order valence-electron chi connectivity index (χ2n) is 4.49. The Labute approximate surface area is 113 Å². The van der Waals surface area contributed by atoms with Gasteiger partial charge in [-0.25, -0.2) is 4.79 Å². The van der Waals surface area contributed by atoms with Crippen LogP contribution in [0.5, 0.6) is 0 Å². The number of rotatable bonds is 5. The summed E-state index contributed by atoms with van der Waals surface area (Å²) in [5.74, 6) is -1.39. The van der Waals surface area contributed by atoms with Gasteiger partial charge in [-0.3, -0.25) is 4.79 Å². The number of hydrogen-bond donors (Lipinski definition) is 2. The van der Waals surface area contributed by atoms with Gasteiger partial charge in [-0.05, 0) is 38.3 Å². The van der Waals surface area contributed by atoms with Crippen LogP contribution in [0.3, 0.4) is 0 Å². The van der Waals surface area contributed by atoms with Gasteiger partial charge in [0, 0.05) is 17.7 Å². The highest BCUT2D eigenvalue weighted by molar-refractivity contribution is 6.01. The van der Waals surface area contributed by atoms with E-state index in [-0.39, 0.29) is 17.1 Å². The lowest BCUT2D eigenvalue weighted by molar-refractivity contribution is -0.133. The van der Waals surface area contributed by atoms with Crippen LogP contribution in [0.15, 0.2) is 35.4 Å². The third-order valence-corrected chi connectivity index (χ3v) is 3.17. The maximum Gasteiger partial charge on any atom is 0.331 e. The molecule has 19 heavy (non-hydrogen) atoms. The van der Waals surface area contributed by atoms with Crippen LogP contribution in [0.2, 0.25) is 0 Å². The topological polar surface area (TPSA) is 66.4 Å². The first-order chi connectivity index (χ1) is 8.93. The van der Waals surface area contributed by atoms with Gasteiger partial charge in [0.15, 0.2) is 0 Å². The van der Waals surface area contributed by atoms with Gasteiger partial charge < -0.3 is 10.4 Å². The summed E-state index contributed by atoms with van der Waals surface area (Å²) in [6.45, 7) is 5.47. The fourth-order valence-corrected chi connectivity index (χ4v) is 1.66. The molecular weight excluding hydrogens is 242 g/mol. The van der Waals surface area contributed by atoms with Crippen molar-refractivity contribution in [3.05, 3.63) is 46.5 Å². The molecule has 0 bridgehead atoms. The molecule has 1 amide bonds. The van der Waals surface area contributed by atoms with Crippen molar-refractivity contribution in [2.75, 3.05) is 6.54 Å². The SMILES string of the molecule is CC(C(=O)O)=C(C)C(=O)NCCc1ccccc1C. The number of nitrogens with one attached hydrogen (secondary N) is 1. The molecule has 1 rings (SSSR count). The summed E-state index contributed by atoms with van der Waals surface area (Å²) in [7, 11) is 0. The summed E-state index contributed by atoms with van der Waals surface area (Å²) < 4.78 is 0. The summed E-state index contributed by atoms with van der Waals surface area (Å²) in [5.41, 5.74) is 2.69. The molecule has 0 fully saturated rings. The molecule has 0 atom stereocenters. The summed E-state index contributed by atoms with van der Waals surface area (Å²) in [4.78, 5) is 22.5. The van der Waals surface area contributed by atoms with E-state index in [1.165, 1.54) is 25.0 Å². The van der Waals surface area contributed by atoms with Crippen molar-refractivity contribution < 1.29 is 14.7 Å². The first kappa shape index (κ1) is 15.0. The van der Waals surface area contributed by atoms with Gasteiger partial charge >= 0.3 is 5.97 Å². The van der Waals surface area contributed by atoms with Gasteiger partial charge in [-0.15, -0.1) is 0 Å². The zero-order valence-electron chi connectivity index (χ0n) is 11.5. The molecule has 0 heterocycles. The van der Waals surface area contributed by atoms with Crippen LogP contribution >= 0.6 is 0 Å². The number of carboxylic acids is 1. The quantitative estimate of drug-likeness (QED) is 0.797. The largest absolute Gasteiger partial charge is 0.478 e. The van der Waals surface area contributed by atoms with Crippen LogP contribution < -0.4 is 5.32 Å². The van der Waals surface area contributed by atoms with Crippen molar-refractivity contribution in [3.8, 4) is 0 Å². The fourth-order valence-electron chi connectivity index (χ4n) is 1.66. The number of benzene rings is 1. The lowest BCUT2D eigenvalue weighted by Crippen LogP contribution is -2.27. The predicted octanol–water partition coefficient (Wildman–Crippen LogP) is 2.07. The van der Waals surface area contributed by atoms with Crippen molar-refractivity contribution in [3.63, 3.8) is 0 Å². The molecule has 4 nitrogen and oxygen atoms in total. The first-order valence-corrected chi connectivity index (χ1v) is 6.17. The zero-order chi connectivity index (χ0) is 14.4. The summed E-state index contributed by atoms with van der Waals surface area (Å²) in [5, 5.41) is 11.5. The minimum atomic E-state index is -1.06. The van der Waals surface area contributed by atoms with Crippen LogP contribution in [0, 0.1) is 6.92 Å². The third kappa shape index (κ3) is 4.25. The van der Waals surface area contributed by atoms with E-state index in [2.05, 4.69) is 5.32 Å². The number of carboxylic acid groups (broad SMARTS) is 1. The Morgan fingerprint density at radius 3 is 2.37 bits per heavy atom. The average Bonchev–Trinajstić information content (AvgIpc) is 2.38.